The van der Waals surface area contributed by atoms with E-state index in [1.165, 1.54) is 0 Å². The van der Waals surface area contributed by atoms with Crippen LogP contribution in [0, 0.1) is 11.8 Å². The SMILES string of the molecule is OCCC#C/C=C\CC(O)COCc1ccccc1. The molecule has 102 valence electrons. The average Bonchev–Trinajstić information content (AvgIpc) is 2.44. The number of aliphatic hydroxyl groups excluding tert-OH is 2. The van der Waals surface area contributed by atoms with Crippen molar-refractivity contribution in [2.75, 3.05) is 13.2 Å². The van der Waals surface area contributed by atoms with Gasteiger partial charge < -0.3 is 14.9 Å². The predicted octanol–water partition coefficient (Wildman–Crippen LogP) is 1.90. The normalized spacial score (nSPS) is 12.1. The van der Waals surface area contributed by atoms with Gasteiger partial charge in [0.05, 0.1) is 25.9 Å². The van der Waals surface area contributed by atoms with E-state index in [2.05, 4.69) is 11.8 Å². The van der Waals surface area contributed by atoms with Crippen LogP contribution in [0.25, 0.3) is 0 Å². The Balaban J connectivity index is 2.11. The van der Waals surface area contributed by atoms with Gasteiger partial charge in [0.2, 0.25) is 0 Å². The molecule has 19 heavy (non-hydrogen) atoms. The lowest BCUT2D eigenvalue weighted by atomic mass is 10.2. The molecular weight excluding hydrogens is 240 g/mol. The minimum Gasteiger partial charge on any atom is -0.395 e. The molecule has 0 fully saturated rings. The van der Waals surface area contributed by atoms with Crippen LogP contribution in [0.4, 0.5) is 0 Å². The van der Waals surface area contributed by atoms with Crippen LogP contribution in [0.5, 0.6) is 0 Å². The van der Waals surface area contributed by atoms with Crippen LogP contribution in [-0.2, 0) is 11.3 Å². The van der Waals surface area contributed by atoms with Crippen molar-refractivity contribution in [2.24, 2.45) is 0 Å². The van der Waals surface area contributed by atoms with Crippen molar-refractivity contribution in [1.82, 2.24) is 0 Å². The van der Waals surface area contributed by atoms with E-state index in [-0.39, 0.29) is 6.61 Å². The number of hydrogen-bond donors (Lipinski definition) is 2. The van der Waals surface area contributed by atoms with E-state index in [9.17, 15) is 5.11 Å². The van der Waals surface area contributed by atoms with Gasteiger partial charge >= 0.3 is 0 Å². The molecule has 1 unspecified atom stereocenters. The number of rotatable bonds is 7. The Morgan fingerprint density at radius 2 is 2.05 bits per heavy atom. The second-order valence-corrected chi connectivity index (χ2v) is 4.09. The zero-order chi connectivity index (χ0) is 13.8. The zero-order valence-corrected chi connectivity index (χ0v) is 11.0. The van der Waals surface area contributed by atoms with Crippen LogP contribution in [0.2, 0.25) is 0 Å². The molecule has 1 aromatic carbocycles. The van der Waals surface area contributed by atoms with Gasteiger partial charge in [-0.05, 0) is 18.1 Å². The fourth-order valence-corrected chi connectivity index (χ4v) is 1.43. The molecule has 0 aromatic heterocycles. The summed E-state index contributed by atoms with van der Waals surface area (Å²) in [4.78, 5) is 0. The predicted molar refractivity (Wildman–Crippen MR) is 75.3 cm³/mol. The smallest absolute Gasteiger partial charge is 0.0808 e. The van der Waals surface area contributed by atoms with Crippen LogP contribution in [0.1, 0.15) is 18.4 Å². The van der Waals surface area contributed by atoms with Crippen LogP contribution in [0.15, 0.2) is 42.5 Å². The first-order chi connectivity index (χ1) is 9.33. The summed E-state index contributed by atoms with van der Waals surface area (Å²) < 4.78 is 5.42. The number of allylic oxidation sites excluding steroid dienone is 1. The highest BCUT2D eigenvalue weighted by atomic mass is 16.5. The van der Waals surface area contributed by atoms with Gasteiger partial charge in [0.15, 0.2) is 0 Å². The molecule has 3 heteroatoms. The van der Waals surface area contributed by atoms with Gasteiger partial charge in [0.1, 0.15) is 0 Å². The Kier molecular flexibility index (Phi) is 8.41. The first kappa shape index (κ1) is 15.5. The van der Waals surface area contributed by atoms with Gasteiger partial charge in [-0.1, -0.05) is 48.2 Å². The van der Waals surface area contributed by atoms with Crippen molar-refractivity contribution < 1.29 is 14.9 Å². The molecule has 1 aromatic rings. The highest BCUT2D eigenvalue weighted by molar-refractivity contribution is 5.15. The monoisotopic (exact) mass is 260 g/mol. The summed E-state index contributed by atoms with van der Waals surface area (Å²) in [6, 6.07) is 9.86. The molecule has 0 saturated carbocycles. The van der Waals surface area contributed by atoms with Crippen LogP contribution in [0.3, 0.4) is 0 Å². The average molecular weight is 260 g/mol. The maximum Gasteiger partial charge on any atom is 0.0808 e. The minimum absolute atomic E-state index is 0.0801. The van der Waals surface area contributed by atoms with Gasteiger partial charge in [0, 0.05) is 6.42 Å². The summed E-state index contributed by atoms with van der Waals surface area (Å²) in [6.45, 7) is 0.901. The molecule has 1 atom stereocenters. The third-order valence-corrected chi connectivity index (χ3v) is 2.37. The molecule has 0 radical (unpaired) electrons. The number of hydrogen-bond acceptors (Lipinski definition) is 3. The van der Waals surface area contributed by atoms with E-state index in [0.29, 0.717) is 26.1 Å². The first-order valence-electron chi connectivity index (χ1n) is 6.37. The molecule has 0 spiro atoms. The molecule has 2 N–H and O–H groups in total. The van der Waals surface area contributed by atoms with Gasteiger partial charge in [-0.25, -0.2) is 0 Å². The second kappa shape index (κ2) is 10.3. The summed E-state index contributed by atoms with van der Waals surface area (Å²) in [5.74, 6) is 5.55. The fourth-order valence-electron chi connectivity index (χ4n) is 1.43. The molecule has 0 heterocycles. The summed E-state index contributed by atoms with van der Waals surface area (Å²) in [6.07, 6.45) is 3.98. The maximum atomic E-state index is 9.67. The molecule has 0 saturated heterocycles. The first-order valence-corrected chi connectivity index (χ1v) is 6.37. The topological polar surface area (TPSA) is 49.7 Å². The fraction of sp³-hybridized carbons (Fsp3) is 0.375. The number of aliphatic hydroxyl groups is 2. The van der Waals surface area contributed by atoms with Crippen molar-refractivity contribution in [2.45, 2.75) is 25.6 Å². The van der Waals surface area contributed by atoms with E-state index < -0.39 is 6.10 Å². The third kappa shape index (κ3) is 8.17. The molecule has 3 nitrogen and oxygen atoms in total. The largest absolute Gasteiger partial charge is 0.395 e. The summed E-state index contributed by atoms with van der Waals surface area (Å²) in [5.41, 5.74) is 1.10. The Morgan fingerprint density at radius 1 is 1.26 bits per heavy atom. The van der Waals surface area contributed by atoms with E-state index in [4.69, 9.17) is 9.84 Å². The molecule has 1 rings (SSSR count). The Bertz CT molecular complexity index is 415. The lowest BCUT2D eigenvalue weighted by Crippen LogP contribution is -2.14. The molecule has 0 aliphatic heterocycles. The van der Waals surface area contributed by atoms with E-state index in [0.717, 1.165) is 5.56 Å². The van der Waals surface area contributed by atoms with Gasteiger partial charge in [-0.2, -0.15) is 0 Å². The van der Waals surface area contributed by atoms with Crippen LogP contribution >= 0.6 is 0 Å². The lowest BCUT2D eigenvalue weighted by molar-refractivity contribution is 0.0301. The van der Waals surface area contributed by atoms with Crippen molar-refractivity contribution in [3.05, 3.63) is 48.0 Å². The van der Waals surface area contributed by atoms with Gasteiger partial charge in [-0.15, -0.1) is 0 Å². The Morgan fingerprint density at radius 3 is 2.79 bits per heavy atom. The summed E-state index contributed by atoms with van der Waals surface area (Å²) in [5, 5.41) is 18.2. The van der Waals surface area contributed by atoms with E-state index in [1.54, 1.807) is 12.2 Å². The van der Waals surface area contributed by atoms with Gasteiger partial charge in [-0.3, -0.25) is 0 Å². The number of ether oxygens (including phenoxy) is 1. The molecule has 0 aliphatic carbocycles. The minimum atomic E-state index is -0.514. The zero-order valence-electron chi connectivity index (χ0n) is 11.0. The highest BCUT2D eigenvalue weighted by Gasteiger charge is 2.01. The number of benzene rings is 1. The van der Waals surface area contributed by atoms with Gasteiger partial charge in [0.25, 0.3) is 0 Å². The Labute approximate surface area is 114 Å². The quantitative estimate of drug-likeness (QED) is 0.736. The third-order valence-electron chi connectivity index (χ3n) is 2.37. The Hall–Kier alpha value is -1.60. The molecule has 0 aliphatic rings. The highest BCUT2D eigenvalue weighted by Crippen LogP contribution is 2.02. The van der Waals surface area contributed by atoms with E-state index in [1.807, 2.05) is 30.3 Å². The lowest BCUT2D eigenvalue weighted by Gasteiger charge is -2.08. The second-order valence-electron chi connectivity index (χ2n) is 4.09. The van der Waals surface area contributed by atoms with E-state index >= 15 is 0 Å². The molecule has 0 amide bonds. The summed E-state index contributed by atoms with van der Waals surface area (Å²) >= 11 is 0. The molecule has 0 bridgehead atoms. The van der Waals surface area contributed by atoms with Crippen LogP contribution in [-0.4, -0.2) is 29.5 Å². The molecular formula is C16H20O3. The van der Waals surface area contributed by atoms with Crippen molar-refractivity contribution >= 4 is 0 Å². The van der Waals surface area contributed by atoms with Crippen molar-refractivity contribution in [1.29, 1.82) is 0 Å². The van der Waals surface area contributed by atoms with Crippen molar-refractivity contribution in [3.8, 4) is 11.8 Å². The maximum absolute atomic E-state index is 9.67. The summed E-state index contributed by atoms with van der Waals surface area (Å²) in [7, 11) is 0. The van der Waals surface area contributed by atoms with Crippen molar-refractivity contribution in [3.63, 3.8) is 0 Å². The van der Waals surface area contributed by atoms with Crippen LogP contribution < -0.4 is 0 Å². The standard InChI is InChI=1S/C16H20O3/c17-12-8-3-1-2-7-11-16(18)14-19-13-15-9-5-4-6-10-15/h2,4-7,9-10,16-18H,8,11-14H2/b7-2-.